The number of hydrogen-bond acceptors (Lipinski definition) is 0. The Labute approximate surface area is 100 Å². The summed E-state index contributed by atoms with van der Waals surface area (Å²) < 4.78 is 0. The highest BCUT2D eigenvalue weighted by molar-refractivity contribution is 6.79. The highest BCUT2D eigenvalue weighted by atomic mass is 35.5. The molecule has 84 valence electrons. The first-order chi connectivity index (χ1) is 7.02. The van der Waals surface area contributed by atoms with Crippen LogP contribution in [0.4, 0.5) is 0 Å². The van der Waals surface area contributed by atoms with Gasteiger partial charge >= 0.3 is 0 Å². The van der Waals surface area contributed by atoms with Crippen LogP contribution in [0.2, 0.25) is 6.04 Å². The summed E-state index contributed by atoms with van der Waals surface area (Å²) in [7, 11) is -0.920. The molecule has 0 saturated carbocycles. The van der Waals surface area contributed by atoms with E-state index in [0.717, 1.165) is 11.4 Å². The summed E-state index contributed by atoms with van der Waals surface area (Å²) in [5.74, 6) is 0.765. The number of benzene rings is 1. The number of halogens is 1. The molecule has 1 atom stereocenters. The molecule has 0 aromatic heterocycles. The molecule has 0 amide bonds. The summed E-state index contributed by atoms with van der Waals surface area (Å²) in [4.78, 5) is 0. The van der Waals surface area contributed by atoms with Crippen molar-refractivity contribution in [2.45, 2.75) is 33.7 Å². The van der Waals surface area contributed by atoms with Crippen LogP contribution in [-0.2, 0) is 0 Å². The first-order valence-electron chi connectivity index (χ1n) is 5.67. The largest absolute Gasteiger partial charge is 0.130 e. The lowest BCUT2D eigenvalue weighted by Gasteiger charge is -2.16. The molecule has 0 fully saturated rings. The van der Waals surface area contributed by atoms with Crippen LogP contribution in [0.5, 0.6) is 0 Å². The van der Waals surface area contributed by atoms with E-state index in [1.165, 1.54) is 22.4 Å². The fourth-order valence-corrected chi connectivity index (χ4v) is 5.73. The van der Waals surface area contributed by atoms with Crippen LogP contribution < -0.4 is 5.19 Å². The highest BCUT2D eigenvalue weighted by Crippen LogP contribution is 2.09. The molecule has 1 unspecified atom stereocenters. The van der Waals surface area contributed by atoms with Gasteiger partial charge in [-0.3, -0.25) is 0 Å². The molecule has 0 spiro atoms. The number of hydrogen-bond donors (Lipinski definition) is 0. The molecule has 0 bridgehead atoms. The van der Waals surface area contributed by atoms with Gasteiger partial charge in [0.2, 0.25) is 0 Å². The summed E-state index contributed by atoms with van der Waals surface area (Å²) >= 11 is 6.11. The third-order valence-electron chi connectivity index (χ3n) is 2.66. The van der Waals surface area contributed by atoms with E-state index in [2.05, 4.69) is 45.9 Å². The summed E-state index contributed by atoms with van der Waals surface area (Å²) in [5, 5.41) is 1.54. The van der Waals surface area contributed by atoms with Crippen LogP contribution in [0.3, 0.4) is 0 Å². The van der Waals surface area contributed by atoms with Gasteiger partial charge in [0.25, 0.3) is 0 Å². The standard InChI is InChI=1S/C13H21ClSi/c1-10(2)8-15(9-14)13-6-11(3)5-12(4)7-13/h5-7,10,15H,8-9H2,1-4H3. The van der Waals surface area contributed by atoms with Gasteiger partial charge in [-0.25, -0.2) is 0 Å². The summed E-state index contributed by atoms with van der Waals surface area (Å²) in [6.45, 7) is 8.92. The minimum Gasteiger partial charge on any atom is -0.130 e. The van der Waals surface area contributed by atoms with Crippen LogP contribution in [0.15, 0.2) is 18.2 Å². The van der Waals surface area contributed by atoms with Gasteiger partial charge in [0.1, 0.15) is 0 Å². The highest BCUT2D eigenvalue weighted by Gasteiger charge is 2.14. The molecule has 1 aromatic rings. The van der Waals surface area contributed by atoms with Crippen molar-refractivity contribution in [3.05, 3.63) is 29.3 Å². The fraction of sp³-hybridized carbons (Fsp3) is 0.538. The normalized spacial score (nSPS) is 13.2. The van der Waals surface area contributed by atoms with Gasteiger partial charge in [-0.2, -0.15) is 0 Å². The molecule has 0 heterocycles. The van der Waals surface area contributed by atoms with E-state index in [4.69, 9.17) is 11.6 Å². The lowest BCUT2D eigenvalue weighted by atomic mass is 10.2. The maximum atomic E-state index is 6.11. The molecule has 1 aromatic carbocycles. The van der Waals surface area contributed by atoms with E-state index in [1.54, 1.807) is 0 Å². The number of alkyl halides is 1. The van der Waals surface area contributed by atoms with E-state index >= 15 is 0 Å². The van der Waals surface area contributed by atoms with Crippen molar-refractivity contribution in [2.24, 2.45) is 5.92 Å². The van der Waals surface area contributed by atoms with Gasteiger partial charge < -0.3 is 0 Å². The second kappa shape index (κ2) is 5.71. The molecule has 2 heteroatoms. The molecule has 1 rings (SSSR count). The zero-order valence-corrected chi connectivity index (χ0v) is 12.1. The van der Waals surface area contributed by atoms with Crippen molar-refractivity contribution >= 4 is 25.6 Å². The van der Waals surface area contributed by atoms with E-state index in [1.807, 2.05) is 0 Å². The Morgan fingerprint density at radius 2 is 1.67 bits per heavy atom. The quantitative estimate of drug-likeness (QED) is 0.560. The van der Waals surface area contributed by atoms with Crippen molar-refractivity contribution in [3.8, 4) is 0 Å². The van der Waals surface area contributed by atoms with E-state index in [9.17, 15) is 0 Å². The average Bonchev–Trinajstić information content (AvgIpc) is 2.12. The SMILES string of the molecule is Cc1cc(C)cc([SiH](CCl)CC(C)C)c1. The summed E-state index contributed by atoms with van der Waals surface area (Å²) in [5.41, 5.74) is 3.61. The van der Waals surface area contributed by atoms with Crippen LogP contribution in [-0.4, -0.2) is 14.3 Å². The van der Waals surface area contributed by atoms with Crippen LogP contribution in [0.25, 0.3) is 0 Å². The maximum Gasteiger partial charge on any atom is 0.0870 e. The third-order valence-corrected chi connectivity index (χ3v) is 6.94. The van der Waals surface area contributed by atoms with E-state index in [0.29, 0.717) is 0 Å². The Morgan fingerprint density at radius 3 is 2.07 bits per heavy atom. The summed E-state index contributed by atoms with van der Waals surface area (Å²) in [6.07, 6.45) is 0. The topological polar surface area (TPSA) is 0 Å². The Morgan fingerprint density at radius 1 is 1.13 bits per heavy atom. The zero-order valence-electron chi connectivity index (χ0n) is 10.2. The molecular formula is C13H21ClSi. The van der Waals surface area contributed by atoms with Gasteiger partial charge in [0.15, 0.2) is 0 Å². The molecule has 0 radical (unpaired) electrons. The van der Waals surface area contributed by atoms with Gasteiger partial charge in [0, 0.05) is 5.50 Å². The Hall–Kier alpha value is -0.273. The van der Waals surface area contributed by atoms with Crippen molar-refractivity contribution < 1.29 is 0 Å². The van der Waals surface area contributed by atoms with Crippen LogP contribution >= 0.6 is 11.6 Å². The van der Waals surface area contributed by atoms with Crippen LogP contribution in [0, 0.1) is 19.8 Å². The van der Waals surface area contributed by atoms with Gasteiger partial charge in [-0.15, -0.1) is 11.6 Å². The Balaban J connectivity index is 2.91. The molecule has 0 nitrogen and oxygen atoms in total. The van der Waals surface area contributed by atoms with Gasteiger partial charge in [-0.05, 0) is 19.8 Å². The Bertz CT molecular complexity index is 300. The number of rotatable bonds is 4. The summed E-state index contributed by atoms with van der Waals surface area (Å²) in [6, 6.07) is 8.20. The fourth-order valence-electron chi connectivity index (χ4n) is 2.10. The lowest BCUT2D eigenvalue weighted by Crippen LogP contribution is -2.34. The third kappa shape index (κ3) is 4.00. The minimum atomic E-state index is -0.920. The maximum absolute atomic E-state index is 6.11. The molecule has 0 aliphatic heterocycles. The predicted molar refractivity (Wildman–Crippen MR) is 73.1 cm³/mol. The first-order valence-corrected chi connectivity index (χ1v) is 8.41. The molecule has 0 saturated heterocycles. The van der Waals surface area contributed by atoms with Crippen molar-refractivity contribution in [1.82, 2.24) is 0 Å². The minimum absolute atomic E-state index is 0.765. The molecule has 0 N–H and O–H groups in total. The zero-order chi connectivity index (χ0) is 11.4. The average molecular weight is 241 g/mol. The second-order valence-corrected chi connectivity index (χ2v) is 8.67. The Kier molecular flexibility index (Phi) is 4.87. The molecule has 0 aliphatic carbocycles. The van der Waals surface area contributed by atoms with Crippen molar-refractivity contribution in [2.75, 3.05) is 5.50 Å². The lowest BCUT2D eigenvalue weighted by molar-refractivity contribution is 0.728. The smallest absolute Gasteiger partial charge is 0.0870 e. The molecule has 15 heavy (non-hydrogen) atoms. The molecular weight excluding hydrogens is 220 g/mol. The van der Waals surface area contributed by atoms with E-state index < -0.39 is 8.80 Å². The monoisotopic (exact) mass is 240 g/mol. The predicted octanol–water partition coefficient (Wildman–Crippen LogP) is 3.17. The molecule has 0 aliphatic rings. The van der Waals surface area contributed by atoms with Gasteiger partial charge in [-0.1, -0.05) is 54.4 Å². The van der Waals surface area contributed by atoms with Crippen molar-refractivity contribution in [3.63, 3.8) is 0 Å². The first kappa shape index (κ1) is 12.8. The van der Waals surface area contributed by atoms with Gasteiger partial charge in [0.05, 0.1) is 8.80 Å². The van der Waals surface area contributed by atoms with Crippen molar-refractivity contribution in [1.29, 1.82) is 0 Å². The number of aryl methyl sites for hydroxylation is 2. The van der Waals surface area contributed by atoms with Crippen LogP contribution in [0.1, 0.15) is 25.0 Å². The van der Waals surface area contributed by atoms with E-state index in [-0.39, 0.29) is 0 Å². The second-order valence-electron chi connectivity index (χ2n) is 4.90.